The third kappa shape index (κ3) is 4.56. The number of para-hydroxylation sites is 1. The van der Waals surface area contributed by atoms with E-state index >= 15 is 0 Å². The van der Waals surface area contributed by atoms with E-state index in [1.807, 2.05) is 42.2 Å². The van der Waals surface area contributed by atoms with Gasteiger partial charge in [0.15, 0.2) is 10.9 Å². The summed E-state index contributed by atoms with van der Waals surface area (Å²) in [5, 5.41) is 8.11. The molecule has 2 heterocycles. The molecule has 0 atom stereocenters. The molecule has 6 nitrogen and oxygen atoms in total. The lowest BCUT2D eigenvalue weighted by Crippen LogP contribution is -2.32. The maximum atomic E-state index is 13.1. The molecule has 158 valence electrons. The summed E-state index contributed by atoms with van der Waals surface area (Å²) < 4.78 is 6.08. The van der Waals surface area contributed by atoms with Crippen molar-refractivity contribution in [2.75, 3.05) is 18.4 Å². The zero-order valence-corrected chi connectivity index (χ0v) is 18.2. The molecule has 1 saturated heterocycles. The predicted octanol–water partition coefficient (Wildman–Crippen LogP) is 4.63. The van der Waals surface area contributed by atoms with E-state index in [0.717, 1.165) is 73.5 Å². The Morgan fingerprint density at radius 1 is 1.07 bits per heavy atom. The lowest BCUT2D eigenvalue weighted by atomic mass is 9.93. The largest absolute Gasteiger partial charge is 0.455 e. The smallest absolute Gasteiger partial charge is 0.289 e. The first-order chi connectivity index (χ1) is 14.6. The number of hydrazone groups is 1. The summed E-state index contributed by atoms with van der Waals surface area (Å²) in [5.74, 6) is 1.35. The molecule has 1 fully saturated rings. The Hall–Kier alpha value is -2.67. The molecule has 4 rings (SSSR count). The molecule has 0 radical (unpaired) electrons. The van der Waals surface area contributed by atoms with Gasteiger partial charge >= 0.3 is 0 Å². The van der Waals surface area contributed by atoms with Crippen molar-refractivity contribution in [3.63, 3.8) is 0 Å². The minimum absolute atomic E-state index is 0.0115. The van der Waals surface area contributed by atoms with Crippen molar-refractivity contribution in [2.24, 2.45) is 5.10 Å². The number of aryl methyl sites for hydroxylation is 1. The molecule has 2 aromatic rings. The Morgan fingerprint density at radius 3 is 2.53 bits per heavy atom. The van der Waals surface area contributed by atoms with Crippen LogP contribution in [0.2, 0.25) is 0 Å². The molecule has 1 aromatic heterocycles. The Morgan fingerprint density at radius 2 is 1.80 bits per heavy atom. The second-order valence-electron chi connectivity index (χ2n) is 7.90. The van der Waals surface area contributed by atoms with Crippen LogP contribution in [0.5, 0.6) is 0 Å². The van der Waals surface area contributed by atoms with Crippen LogP contribution in [0.1, 0.15) is 66.0 Å². The summed E-state index contributed by atoms with van der Waals surface area (Å²) in [6.45, 7) is 3.59. The van der Waals surface area contributed by atoms with Crippen molar-refractivity contribution in [3.05, 3.63) is 53.0 Å². The summed E-state index contributed by atoms with van der Waals surface area (Å²) >= 11 is 5.37. The molecule has 30 heavy (non-hydrogen) atoms. The number of carbonyl (C=O) groups excluding carboxylic acids is 1. The van der Waals surface area contributed by atoms with E-state index in [1.54, 1.807) is 0 Å². The molecule has 1 aromatic carbocycles. The number of furan rings is 1. The van der Waals surface area contributed by atoms with Crippen LogP contribution in [0, 0.1) is 6.92 Å². The summed E-state index contributed by atoms with van der Waals surface area (Å²) in [6.07, 6.45) is 7.10. The molecule has 1 aliphatic carbocycles. The fraction of sp³-hybridized carbons (Fsp3) is 0.435. The van der Waals surface area contributed by atoms with Crippen molar-refractivity contribution in [1.82, 2.24) is 10.3 Å². The summed E-state index contributed by atoms with van der Waals surface area (Å²) in [4.78, 5) is 15.1. The quantitative estimate of drug-likeness (QED) is 0.555. The van der Waals surface area contributed by atoms with Gasteiger partial charge in [0, 0.05) is 36.3 Å². The highest BCUT2D eigenvalue weighted by Crippen LogP contribution is 2.31. The number of nitrogens with one attached hydrogen (secondary N) is 2. The van der Waals surface area contributed by atoms with Gasteiger partial charge in [-0.2, -0.15) is 5.10 Å². The van der Waals surface area contributed by atoms with Crippen molar-refractivity contribution in [2.45, 2.75) is 51.9 Å². The van der Waals surface area contributed by atoms with Crippen LogP contribution >= 0.6 is 12.2 Å². The van der Waals surface area contributed by atoms with Gasteiger partial charge < -0.3 is 14.6 Å². The molecule has 1 aliphatic heterocycles. The van der Waals surface area contributed by atoms with E-state index in [2.05, 4.69) is 15.8 Å². The van der Waals surface area contributed by atoms with Gasteiger partial charge in [-0.05, 0) is 57.0 Å². The van der Waals surface area contributed by atoms with Crippen molar-refractivity contribution in [3.8, 4) is 0 Å². The monoisotopic (exact) mass is 424 g/mol. The average Bonchev–Trinajstić information content (AvgIpc) is 2.93. The van der Waals surface area contributed by atoms with Crippen LogP contribution in [-0.2, 0) is 6.42 Å². The SMILES string of the molecule is Cc1c(C(=O)N2CCCCCC2)oc2c1/C(=N/NC(=S)Nc1ccccc1)CCC2. The number of likely N-dealkylation sites (tertiary alicyclic amines) is 1. The first kappa shape index (κ1) is 20.6. The molecule has 0 spiro atoms. The number of fused-ring (bicyclic) bond motifs is 1. The van der Waals surface area contributed by atoms with E-state index in [-0.39, 0.29) is 5.91 Å². The van der Waals surface area contributed by atoms with Crippen LogP contribution in [0.15, 0.2) is 39.9 Å². The highest BCUT2D eigenvalue weighted by molar-refractivity contribution is 7.80. The molecule has 2 aliphatic rings. The number of thiocarbonyl (C=S) groups is 1. The standard InChI is InChI=1S/C23H28N4O2S/c1-16-20-18(25-26-23(30)24-17-10-5-4-6-11-17)12-9-13-19(20)29-21(16)22(28)27-14-7-2-3-8-15-27/h4-6,10-11H,2-3,7-9,12-15H2,1H3,(H2,24,26,30)/b25-18+. The minimum Gasteiger partial charge on any atom is -0.455 e. The van der Waals surface area contributed by atoms with Crippen LogP contribution in [0.4, 0.5) is 5.69 Å². The van der Waals surface area contributed by atoms with E-state index in [4.69, 9.17) is 16.6 Å². The molecule has 2 N–H and O–H groups in total. The van der Waals surface area contributed by atoms with Crippen molar-refractivity contribution < 1.29 is 9.21 Å². The maximum absolute atomic E-state index is 13.1. The molecule has 7 heteroatoms. The topological polar surface area (TPSA) is 69.9 Å². The van der Waals surface area contributed by atoms with Crippen LogP contribution in [0.3, 0.4) is 0 Å². The minimum atomic E-state index is 0.0115. The lowest BCUT2D eigenvalue weighted by Gasteiger charge is -2.19. The average molecular weight is 425 g/mol. The van der Waals surface area contributed by atoms with Gasteiger partial charge in [0.2, 0.25) is 0 Å². The Balaban J connectivity index is 1.51. The Labute approximate surface area is 182 Å². The number of rotatable bonds is 3. The third-order valence-electron chi connectivity index (χ3n) is 5.74. The Bertz CT molecular complexity index is 944. The molecule has 1 amide bonds. The van der Waals surface area contributed by atoms with Crippen molar-refractivity contribution in [1.29, 1.82) is 0 Å². The summed E-state index contributed by atoms with van der Waals surface area (Å²) in [7, 11) is 0. The number of hydrogen-bond donors (Lipinski definition) is 2. The number of carbonyl (C=O) groups is 1. The van der Waals surface area contributed by atoms with Crippen LogP contribution in [0.25, 0.3) is 0 Å². The molecule has 0 saturated carbocycles. The number of hydrogen-bond acceptors (Lipinski definition) is 4. The normalized spacial score (nSPS) is 17.9. The number of anilines is 1. The van der Waals surface area contributed by atoms with Crippen LogP contribution < -0.4 is 10.7 Å². The molecule has 0 bridgehead atoms. The fourth-order valence-corrected chi connectivity index (χ4v) is 4.36. The Kier molecular flexibility index (Phi) is 6.47. The highest BCUT2D eigenvalue weighted by Gasteiger charge is 2.30. The van der Waals surface area contributed by atoms with Gasteiger partial charge in [-0.15, -0.1) is 0 Å². The number of nitrogens with zero attached hydrogens (tertiary/aromatic N) is 2. The number of amides is 1. The molecular formula is C23H28N4O2S. The summed E-state index contributed by atoms with van der Waals surface area (Å²) in [6, 6.07) is 9.74. The third-order valence-corrected chi connectivity index (χ3v) is 5.93. The lowest BCUT2D eigenvalue weighted by molar-refractivity contribution is 0.0726. The van der Waals surface area contributed by atoms with Gasteiger partial charge in [-0.3, -0.25) is 10.2 Å². The summed E-state index contributed by atoms with van der Waals surface area (Å²) in [5.41, 5.74) is 6.61. The predicted molar refractivity (Wildman–Crippen MR) is 123 cm³/mol. The van der Waals surface area contributed by atoms with Gasteiger partial charge in [0.1, 0.15) is 5.76 Å². The second kappa shape index (κ2) is 9.43. The van der Waals surface area contributed by atoms with Crippen LogP contribution in [-0.4, -0.2) is 34.7 Å². The van der Waals surface area contributed by atoms with Gasteiger partial charge in [0.25, 0.3) is 5.91 Å². The zero-order chi connectivity index (χ0) is 20.9. The molecule has 0 unspecified atom stereocenters. The fourth-order valence-electron chi connectivity index (χ4n) is 4.20. The molecular weight excluding hydrogens is 396 g/mol. The van der Waals surface area contributed by atoms with E-state index in [9.17, 15) is 4.79 Å². The zero-order valence-electron chi connectivity index (χ0n) is 17.4. The highest BCUT2D eigenvalue weighted by atomic mass is 32.1. The van der Waals surface area contributed by atoms with Gasteiger partial charge in [0.05, 0.1) is 5.71 Å². The van der Waals surface area contributed by atoms with Gasteiger partial charge in [-0.1, -0.05) is 31.0 Å². The van der Waals surface area contributed by atoms with E-state index < -0.39 is 0 Å². The van der Waals surface area contributed by atoms with Gasteiger partial charge in [-0.25, -0.2) is 0 Å². The van der Waals surface area contributed by atoms with E-state index in [1.165, 1.54) is 12.8 Å². The first-order valence-electron chi connectivity index (χ1n) is 10.7. The first-order valence-corrected chi connectivity index (χ1v) is 11.1. The van der Waals surface area contributed by atoms with Crippen molar-refractivity contribution >= 4 is 34.6 Å². The van der Waals surface area contributed by atoms with E-state index in [0.29, 0.717) is 10.9 Å². The maximum Gasteiger partial charge on any atom is 0.289 e. The second-order valence-corrected chi connectivity index (χ2v) is 8.31. The number of benzene rings is 1.